The highest BCUT2D eigenvalue weighted by Crippen LogP contribution is 2.16. The zero-order chi connectivity index (χ0) is 20.9. The number of rotatable bonds is 5. The van der Waals surface area contributed by atoms with E-state index >= 15 is 0 Å². The number of ether oxygens (including phenoxy) is 1. The van der Waals surface area contributed by atoms with Crippen molar-refractivity contribution >= 4 is 35.2 Å². The van der Waals surface area contributed by atoms with Gasteiger partial charge in [0.25, 0.3) is 5.91 Å². The molecule has 2 N–H and O–H groups in total. The maximum Gasteiger partial charge on any atom is 0.407 e. The Bertz CT molecular complexity index is 879. The molecular formula is C20H23Cl2N3O3. The van der Waals surface area contributed by atoms with Gasteiger partial charge in [-0.1, -0.05) is 35.3 Å². The van der Waals surface area contributed by atoms with Gasteiger partial charge in [0.15, 0.2) is 0 Å². The molecule has 2 rings (SSSR count). The summed E-state index contributed by atoms with van der Waals surface area (Å²) in [4.78, 5) is 28.3. The minimum atomic E-state index is -0.592. The fraction of sp³-hybridized carbons (Fsp3) is 0.350. The molecule has 150 valence electrons. The summed E-state index contributed by atoms with van der Waals surface area (Å²) in [6, 6.07) is 8.70. The monoisotopic (exact) mass is 423 g/mol. The van der Waals surface area contributed by atoms with E-state index in [1.54, 1.807) is 39.0 Å². The zero-order valence-corrected chi connectivity index (χ0v) is 17.7. The number of nitrogens with zero attached hydrogens (tertiary/aromatic N) is 1. The summed E-state index contributed by atoms with van der Waals surface area (Å²) >= 11 is 12.0. The average Bonchev–Trinajstić information content (AvgIpc) is 2.59. The van der Waals surface area contributed by atoms with Crippen LogP contribution in [0.3, 0.4) is 0 Å². The predicted molar refractivity (Wildman–Crippen MR) is 110 cm³/mol. The summed E-state index contributed by atoms with van der Waals surface area (Å²) in [5.41, 5.74) is 2.07. The first kappa shape index (κ1) is 22.0. The summed E-state index contributed by atoms with van der Waals surface area (Å²) in [6.07, 6.45) is -0.551. The number of aromatic nitrogens is 1. The summed E-state index contributed by atoms with van der Waals surface area (Å²) < 4.78 is 5.19. The Morgan fingerprint density at radius 2 is 1.71 bits per heavy atom. The van der Waals surface area contributed by atoms with Crippen LogP contribution in [0, 0.1) is 6.92 Å². The molecule has 0 aliphatic heterocycles. The van der Waals surface area contributed by atoms with Gasteiger partial charge in [0.2, 0.25) is 0 Å². The third-order valence-corrected chi connectivity index (χ3v) is 4.22. The molecule has 0 spiro atoms. The van der Waals surface area contributed by atoms with Crippen molar-refractivity contribution in [3.8, 4) is 0 Å². The van der Waals surface area contributed by atoms with Gasteiger partial charge in [-0.05, 0) is 62.6 Å². The molecule has 0 bridgehead atoms. The quantitative estimate of drug-likeness (QED) is 0.685. The standard InChI is InChI=1S/C20H23Cl2N3O3/c1-12-7-13(5-6-15(12)21)10-23-18(26)16-8-14(9-17(22)25-16)11-24-19(27)28-20(2,3)4/h5-9H,10-11H2,1-4H3,(H,23,26)(H,24,27). The van der Waals surface area contributed by atoms with Crippen LogP contribution in [0.15, 0.2) is 30.3 Å². The Morgan fingerprint density at radius 3 is 2.36 bits per heavy atom. The van der Waals surface area contributed by atoms with E-state index in [1.165, 1.54) is 0 Å². The highest BCUT2D eigenvalue weighted by atomic mass is 35.5. The smallest absolute Gasteiger partial charge is 0.407 e. The first-order chi connectivity index (χ1) is 13.0. The normalized spacial score (nSPS) is 11.1. The fourth-order valence-corrected chi connectivity index (χ4v) is 2.70. The molecule has 0 atom stereocenters. The molecule has 28 heavy (non-hydrogen) atoms. The van der Waals surface area contributed by atoms with E-state index in [1.807, 2.05) is 19.1 Å². The Kier molecular flexibility index (Phi) is 7.27. The molecule has 2 amide bonds. The fourth-order valence-electron chi connectivity index (χ4n) is 2.35. The third-order valence-electron chi connectivity index (χ3n) is 3.60. The number of pyridine rings is 1. The number of hydrogen-bond acceptors (Lipinski definition) is 4. The first-order valence-corrected chi connectivity index (χ1v) is 9.45. The van der Waals surface area contributed by atoms with Crippen LogP contribution in [-0.4, -0.2) is 22.6 Å². The highest BCUT2D eigenvalue weighted by Gasteiger charge is 2.16. The van der Waals surface area contributed by atoms with Gasteiger partial charge >= 0.3 is 6.09 Å². The van der Waals surface area contributed by atoms with Crippen molar-refractivity contribution in [1.82, 2.24) is 15.6 Å². The van der Waals surface area contributed by atoms with Gasteiger partial charge in [-0.3, -0.25) is 4.79 Å². The predicted octanol–water partition coefficient (Wildman–Crippen LogP) is 4.65. The van der Waals surface area contributed by atoms with Crippen molar-refractivity contribution in [2.75, 3.05) is 0 Å². The second kappa shape index (κ2) is 9.26. The summed E-state index contributed by atoms with van der Waals surface area (Å²) in [5, 5.41) is 6.26. The molecule has 0 saturated carbocycles. The summed E-state index contributed by atoms with van der Waals surface area (Å²) in [6.45, 7) is 7.72. The number of carbonyl (C=O) groups is 2. The Morgan fingerprint density at radius 1 is 1.04 bits per heavy atom. The van der Waals surface area contributed by atoms with E-state index in [0.717, 1.165) is 11.1 Å². The molecule has 1 heterocycles. The maximum atomic E-state index is 12.4. The Hall–Kier alpha value is -2.31. The van der Waals surface area contributed by atoms with Crippen molar-refractivity contribution in [2.45, 2.75) is 46.4 Å². The molecule has 2 aromatic rings. The molecule has 6 nitrogen and oxygen atoms in total. The topological polar surface area (TPSA) is 80.3 Å². The third kappa shape index (κ3) is 7.02. The van der Waals surface area contributed by atoms with Crippen LogP contribution in [0.5, 0.6) is 0 Å². The number of hydrogen-bond donors (Lipinski definition) is 2. The van der Waals surface area contributed by atoms with Gasteiger partial charge in [-0.15, -0.1) is 0 Å². The number of amides is 2. The highest BCUT2D eigenvalue weighted by molar-refractivity contribution is 6.31. The first-order valence-electron chi connectivity index (χ1n) is 8.70. The van der Waals surface area contributed by atoms with Crippen molar-refractivity contribution in [3.63, 3.8) is 0 Å². The van der Waals surface area contributed by atoms with E-state index in [9.17, 15) is 9.59 Å². The molecule has 0 fully saturated rings. The molecule has 0 aliphatic rings. The molecule has 1 aromatic heterocycles. The lowest BCUT2D eigenvalue weighted by atomic mass is 10.1. The van der Waals surface area contributed by atoms with Gasteiger partial charge in [0.05, 0.1) is 0 Å². The lowest BCUT2D eigenvalue weighted by molar-refractivity contribution is 0.0523. The lowest BCUT2D eigenvalue weighted by Gasteiger charge is -2.19. The lowest BCUT2D eigenvalue weighted by Crippen LogP contribution is -2.32. The number of carbonyl (C=O) groups excluding carboxylic acids is 2. The second-order valence-electron chi connectivity index (χ2n) is 7.31. The van der Waals surface area contributed by atoms with E-state index in [4.69, 9.17) is 27.9 Å². The van der Waals surface area contributed by atoms with Crippen LogP contribution < -0.4 is 10.6 Å². The van der Waals surface area contributed by atoms with Crippen LogP contribution in [0.1, 0.15) is 48.0 Å². The molecule has 8 heteroatoms. The minimum absolute atomic E-state index is 0.161. The number of aryl methyl sites for hydroxylation is 1. The van der Waals surface area contributed by atoms with Gasteiger partial charge < -0.3 is 15.4 Å². The van der Waals surface area contributed by atoms with Crippen molar-refractivity contribution < 1.29 is 14.3 Å². The number of halogens is 2. The van der Waals surface area contributed by atoms with Crippen LogP contribution in [0.25, 0.3) is 0 Å². The van der Waals surface area contributed by atoms with Crippen molar-refractivity contribution in [3.05, 3.63) is 62.9 Å². The largest absolute Gasteiger partial charge is 0.444 e. The number of alkyl carbamates (subject to hydrolysis) is 1. The SMILES string of the molecule is Cc1cc(CNC(=O)c2cc(CNC(=O)OC(C)(C)C)cc(Cl)n2)ccc1Cl. The average molecular weight is 424 g/mol. The Labute approximate surface area is 174 Å². The van der Waals surface area contributed by atoms with Gasteiger partial charge in [0.1, 0.15) is 16.4 Å². The summed E-state index contributed by atoms with van der Waals surface area (Å²) in [7, 11) is 0. The summed E-state index contributed by atoms with van der Waals surface area (Å²) in [5.74, 6) is -0.367. The van der Waals surface area contributed by atoms with Gasteiger partial charge in [-0.2, -0.15) is 0 Å². The van der Waals surface area contributed by atoms with Crippen LogP contribution in [-0.2, 0) is 17.8 Å². The zero-order valence-electron chi connectivity index (χ0n) is 16.2. The Balaban J connectivity index is 2.00. The van der Waals surface area contributed by atoms with Crippen LogP contribution in [0.4, 0.5) is 4.79 Å². The van der Waals surface area contributed by atoms with E-state index in [-0.39, 0.29) is 23.3 Å². The van der Waals surface area contributed by atoms with E-state index in [2.05, 4.69) is 15.6 Å². The van der Waals surface area contributed by atoms with Gasteiger partial charge in [0, 0.05) is 18.1 Å². The van der Waals surface area contributed by atoms with Crippen molar-refractivity contribution in [1.29, 1.82) is 0 Å². The van der Waals surface area contributed by atoms with Crippen LogP contribution in [0.2, 0.25) is 10.2 Å². The minimum Gasteiger partial charge on any atom is -0.444 e. The molecule has 1 aromatic carbocycles. The van der Waals surface area contributed by atoms with E-state index in [0.29, 0.717) is 17.1 Å². The van der Waals surface area contributed by atoms with Crippen molar-refractivity contribution in [2.24, 2.45) is 0 Å². The molecule has 0 radical (unpaired) electrons. The van der Waals surface area contributed by atoms with Gasteiger partial charge in [-0.25, -0.2) is 9.78 Å². The number of nitrogens with one attached hydrogen (secondary N) is 2. The molecule has 0 unspecified atom stereocenters. The van der Waals surface area contributed by atoms with Crippen LogP contribution >= 0.6 is 23.2 Å². The maximum absolute atomic E-state index is 12.4. The number of benzene rings is 1. The molecule has 0 aliphatic carbocycles. The molecule has 0 saturated heterocycles. The van der Waals surface area contributed by atoms with E-state index < -0.39 is 11.7 Å². The second-order valence-corrected chi connectivity index (χ2v) is 8.10. The molecular weight excluding hydrogens is 401 g/mol.